The molecule has 5 heteroatoms. The summed E-state index contributed by atoms with van der Waals surface area (Å²) >= 11 is 0. The van der Waals surface area contributed by atoms with Crippen LogP contribution in [-0.4, -0.2) is 23.2 Å². The molecule has 0 amide bonds. The number of aromatic nitrogens is 1. The van der Waals surface area contributed by atoms with Gasteiger partial charge in [0.2, 0.25) is 0 Å². The van der Waals surface area contributed by atoms with E-state index in [0.29, 0.717) is 23.7 Å². The van der Waals surface area contributed by atoms with Gasteiger partial charge in [-0.05, 0) is 42.5 Å². The topological polar surface area (TPSA) is 86.2 Å². The van der Waals surface area contributed by atoms with Crippen LogP contribution in [0, 0.1) is 11.3 Å². The summed E-state index contributed by atoms with van der Waals surface area (Å²) in [7, 11) is 0. The molecular formula is C20H20N4O. The molecule has 1 aromatic carbocycles. The Hall–Kier alpha value is -3.00. The number of allylic oxidation sites excluding steroid dienone is 1. The molecule has 1 aromatic heterocycles. The molecule has 0 aliphatic carbocycles. The molecule has 0 unspecified atom stereocenters. The van der Waals surface area contributed by atoms with E-state index in [1.165, 1.54) is 0 Å². The van der Waals surface area contributed by atoms with Crippen LogP contribution in [0.4, 0.5) is 11.5 Å². The van der Waals surface area contributed by atoms with Crippen LogP contribution in [0.1, 0.15) is 35.6 Å². The van der Waals surface area contributed by atoms with Gasteiger partial charge in [-0.25, -0.2) is 4.98 Å². The zero-order chi connectivity index (χ0) is 17.6. The third-order valence-corrected chi connectivity index (χ3v) is 5.27. The van der Waals surface area contributed by atoms with Crippen LogP contribution < -0.4 is 10.6 Å². The number of hydrogen-bond acceptors (Lipinski definition) is 5. The molecule has 0 radical (unpaired) electrons. The van der Waals surface area contributed by atoms with Gasteiger partial charge in [-0.2, -0.15) is 5.26 Å². The Bertz CT molecular complexity index is 905. The van der Waals surface area contributed by atoms with E-state index >= 15 is 0 Å². The van der Waals surface area contributed by atoms with Crippen LogP contribution in [0.15, 0.2) is 30.9 Å². The van der Waals surface area contributed by atoms with Gasteiger partial charge >= 0.3 is 0 Å². The van der Waals surface area contributed by atoms with Gasteiger partial charge in [-0.3, -0.25) is 0 Å². The highest BCUT2D eigenvalue weighted by Crippen LogP contribution is 2.48. The second-order valence-electron chi connectivity index (χ2n) is 6.69. The van der Waals surface area contributed by atoms with E-state index in [4.69, 9.17) is 5.73 Å². The van der Waals surface area contributed by atoms with Gasteiger partial charge in [0.15, 0.2) is 0 Å². The zero-order valence-corrected chi connectivity index (χ0v) is 14.0. The van der Waals surface area contributed by atoms with E-state index in [1.54, 1.807) is 12.1 Å². The standard InChI is InChI=1S/C20H20N4O/c1-2-3-13-10-14(4-5-16(13)25)17-15(11-21)20(22)23-18-12-6-8-24(9-7-12)19(17)18/h2,4-5,10,12,25H,1,3,6-9H2,(H2,22,23). The molecule has 4 heterocycles. The Morgan fingerprint density at radius 3 is 2.84 bits per heavy atom. The number of rotatable bonds is 3. The Balaban J connectivity index is 2.00. The van der Waals surface area contributed by atoms with Crippen molar-refractivity contribution in [2.75, 3.05) is 23.7 Å². The zero-order valence-electron chi connectivity index (χ0n) is 14.0. The number of phenolic OH excluding ortho intramolecular Hbond substituents is 1. The summed E-state index contributed by atoms with van der Waals surface area (Å²) in [5, 5.41) is 19.8. The number of fused-ring (bicyclic) bond motifs is 2. The number of pyridine rings is 1. The first-order chi connectivity index (χ1) is 12.1. The average Bonchev–Trinajstić information content (AvgIpc) is 2.63. The first-order valence-electron chi connectivity index (χ1n) is 8.55. The van der Waals surface area contributed by atoms with Gasteiger partial charge in [0, 0.05) is 24.6 Å². The summed E-state index contributed by atoms with van der Waals surface area (Å²) in [6, 6.07) is 7.69. The van der Waals surface area contributed by atoms with Crippen LogP contribution in [0.25, 0.3) is 11.1 Å². The molecule has 0 spiro atoms. The number of nitrogens with two attached hydrogens (primary N) is 1. The molecule has 25 heavy (non-hydrogen) atoms. The highest BCUT2D eigenvalue weighted by molar-refractivity contribution is 5.89. The van der Waals surface area contributed by atoms with E-state index in [2.05, 4.69) is 22.5 Å². The quantitative estimate of drug-likeness (QED) is 0.842. The van der Waals surface area contributed by atoms with Crippen LogP contribution >= 0.6 is 0 Å². The van der Waals surface area contributed by atoms with Crippen molar-refractivity contribution in [3.8, 4) is 22.9 Å². The number of nitrogens with zero attached hydrogens (tertiary/aromatic N) is 3. The minimum Gasteiger partial charge on any atom is -0.508 e. The fourth-order valence-electron chi connectivity index (χ4n) is 4.05. The molecule has 1 fully saturated rings. The van der Waals surface area contributed by atoms with Crippen molar-refractivity contribution in [3.63, 3.8) is 0 Å². The smallest absolute Gasteiger partial charge is 0.142 e. The third-order valence-electron chi connectivity index (χ3n) is 5.27. The van der Waals surface area contributed by atoms with Gasteiger partial charge in [-0.15, -0.1) is 6.58 Å². The number of piperidine rings is 1. The molecule has 3 aliphatic heterocycles. The second-order valence-corrected chi connectivity index (χ2v) is 6.69. The summed E-state index contributed by atoms with van der Waals surface area (Å²) in [6.45, 7) is 5.72. The van der Waals surface area contributed by atoms with E-state index in [0.717, 1.165) is 54.0 Å². The lowest BCUT2D eigenvalue weighted by molar-refractivity contribution is 0.465. The minimum absolute atomic E-state index is 0.236. The van der Waals surface area contributed by atoms with E-state index in [1.807, 2.05) is 12.1 Å². The number of nitrogen functional groups attached to an aromatic ring is 1. The molecule has 126 valence electrons. The van der Waals surface area contributed by atoms with Crippen LogP contribution in [0.3, 0.4) is 0 Å². The first-order valence-corrected chi connectivity index (χ1v) is 8.55. The highest BCUT2D eigenvalue weighted by atomic mass is 16.3. The third kappa shape index (κ3) is 2.33. The summed E-state index contributed by atoms with van der Waals surface area (Å²) in [5.41, 5.74) is 11.1. The predicted molar refractivity (Wildman–Crippen MR) is 98.6 cm³/mol. The fourth-order valence-corrected chi connectivity index (χ4v) is 4.05. The van der Waals surface area contributed by atoms with Crippen molar-refractivity contribution in [2.24, 2.45) is 0 Å². The first kappa shape index (κ1) is 15.5. The van der Waals surface area contributed by atoms with Gasteiger partial charge in [-0.1, -0.05) is 12.1 Å². The number of anilines is 2. The maximum absolute atomic E-state index is 10.1. The highest BCUT2D eigenvalue weighted by Gasteiger charge is 2.36. The maximum Gasteiger partial charge on any atom is 0.142 e. The number of phenols is 1. The van der Waals surface area contributed by atoms with E-state index < -0.39 is 0 Å². The summed E-state index contributed by atoms with van der Waals surface area (Å²) < 4.78 is 0. The van der Waals surface area contributed by atoms with Crippen molar-refractivity contribution >= 4 is 11.5 Å². The summed E-state index contributed by atoms with van der Waals surface area (Å²) in [6.07, 6.45) is 4.49. The Morgan fingerprint density at radius 2 is 2.16 bits per heavy atom. The number of nitriles is 1. The predicted octanol–water partition coefficient (Wildman–Crippen LogP) is 3.33. The number of aromatic hydroxyl groups is 1. The molecule has 5 nitrogen and oxygen atoms in total. The van der Waals surface area contributed by atoms with Crippen LogP contribution in [0.2, 0.25) is 0 Å². The number of hydrogen-bond donors (Lipinski definition) is 2. The second kappa shape index (κ2) is 5.82. The molecule has 2 bridgehead atoms. The Kier molecular flexibility index (Phi) is 3.61. The largest absolute Gasteiger partial charge is 0.508 e. The van der Waals surface area contributed by atoms with Crippen molar-refractivity contribution in [1.82, 2.24) is 4.98 Å². The van der Waals surface area contributed by atoms with Crippen molar-refractivity contribution in [2.45, 2.75) is 25.2 Å². The maximum atomic E-state index is 10.1. The normalized spacial score (nSPS) is 15.7. The van der Waals surface area contributed by atoms with Crippen molar-refractivity contribution in [3.05, 3.63) is 47.7 Å². The fraction of sp³-hybridized carbons (Fsp3) is 0.300. The monoisotopic (exact) mass is 332 g/mol. The van der Waals surface area contributed by atoms with Crippen molar-refractivity contribution in [1.29, 1.82) is 5.26 Å². The SMILES string of the molecule is C=CCc1cc(-c2c(C#N)c(N)nc3c2N2CCC3CC2)ccc1O. The molecule has 3 N–H and O–H groups in total. The molecule has 1 saturated heterocycles. The average molecular weight is 332 g/mol. The van der Waals surface area contributed by atoms with Gasteiger partial charge in [0.25, 0.3) is 0 Å². The molecule has 3 aliphatic rings. The van der Waals surface area contributed by atoms with Gasteiger partial charge < -0.3 is 15.7 Å². The lowest BCUT2D eigenvalue weighted by Gasteiger charge is -2.42. The summed E-state index contributed by atoms with van der Waals surface area (Å²) in [5.74, 6) is 0.946. The minimum atomic E-state index is 0.236. The lowest BCUT2D eigenvalue weighted by atomic mass is 9.82. The van der Waals surface area contributed by atoms with Crippen molar-refractivity contribution < 1.29 is 5.11 Å². The Morgan fingerprint density at radius 1 is 1.40 bits per heavy atom. The van der Waals surface area contributed by atoms with Gasteiger partial charge in [0.05, 0.1) is 11.4 Å². The molecule has 0 saturated carbocycles. The lowest BCUT2D eigenvalue weighted by Crippen LogP contribution is -2.40. The molecule has 5 rings (SSSR count). The molecular weight excluding hydrogens is 312 g/mol. The Labute approximate surface area is 147 Å². The molecule has 0 atom stereocenters. The van der Waals surface area contributed by atoms with Gasteiger partial charge in [0.1, 0.15) is 23.2 Å². The number of benzene rings is 1. The van der Waals surface area contributed by atoms with Crippen LogP contribution in [0.5, 0.6) is 5.75 Å². The summed E-state index contributed by atoms with van der Waals surface area (Å²) in [4.78, 5) is 6.90. The van der Waals surface area contributed by atoms with E-state index in [-0.39, 0.29) is 5.75 Å². The van der Waals surface area contributed by atoms with Crippen LogP contribution in [-0.2, 0) is 6.42 Å². The molecule has 2 aromatic rings. The van der Waals surface area contributed by atoms with E-state index in [9.17, 15) is 10.4 Å².